The van der Waals surface area contributed by atoms with Crippen molar-refractivity contribution in [3.63, 3.8) is 0 Å². The van der Waals surface area contributed by atoms with Crippen LogP contribution < -0.4 is 0 Å². The Morgan fingerprint density at radius 3 is 2.27 bits per heavy atom. The van der Waals surface area contributed by atoms with Crippen LogP contribution in [-0.2, 0) is 26.0 Å². The van der Waals surface area contributed by atoms with Crippen molar-refractivity contribution in [2.24, 2.45) is 0 Å². The second-order valence-corrected chi connectivity index (χ2v) is 10.8. The SMILES string of the molecule is O=C(CCc1ccc(S(=O)(=O)N2CCCCCC2)cc1)OCC(=O)c1ccc(Cl)s1. The van der Waals surface area contributed by atoms with Crippen molar-refractivity contribution < 1.29 is 22.7 Å². The average Bonchev–Trinajstić information content (AvgIpc) is 2.99. The Labute approximate surface area is 185 Å². The van der Waals surface area contributed by atoms with Crippen LogP contribution in [0.4, 0.5) is 0 Å². The lowest BCUT2D eigenvalue weighted by molar-refractivity contribution is -0.142. The molecule has 2 heterocycles. The zero-order chi connectivity index (χ0) is 21.6. The van der Waals surface area contributed by atoms with Gasteiger partial charge in [0.2, 0.25) is 15.8 Å². The van der Waals surface area contributed by atoms with E-state index in [1.807, 2.05) is 0 Å². The largest absolute Gasteiger partial charge is 0.457 e. The van der Waals surface area contributed by atoms with E-state index in [0.717, 1.165) is 42.6 Å². The van der Waals surface area contributed by atoms with Gasteiger partial charge in [0.25, 0.3) is 0 Å². The molecule has 0 unspecified atom stereocenters. The van der Waals surface area contributed by atoms with Crippen LogP contribution in [0.5, 0.6) is 0 Å². The lowest BCUT2D eigenvalue weighted by Gasteiger charge is -2.20. The molecule has 0 radical (unpaired) electrons. The first-order valence-electron chi connectivity index (χ1n) is 9.89. The highest BCUT2D eigenvalue weighted by Crippen LogP contribution is 2.22. The number of hydrogen-bond donors (Lipinski definition) is 0. The number of sulfonamides is 1. The summed E-state index contributed by atoms with van der Waals surface area (Å²) in [5.41, 5.74) is 0.832. The highest BCUT2D eigenvalue weighted by Gasteiger charge is 2.24. The van der Waals surface area contributed by atoms with Crippen molar-refractivity contribution in [1.82, 2.24) is 4.31 Å². The molecule has 0 spiro atoms. The summed E-state index contributed by atoms with van der Waals surface area (Å²) >= 11 is 6.94. The van der Waals surface area contributed by atoms with E-state index in [1.54, 1.807) is 40.7 Å². The quantitative estimate of drug-likeness (QED) is 0.424. The number of aryl methyl sites for hydroxylation is 1. The van der Waals surface area contributed by atoms with Gasteiger partial charge >= 0.3 is 5.97 Å². The fourth-order valence-electron chi connectivity index (χ4n) is 3.26. The molecule has 0 aliphatic carbocycles. The topological polar surface area (TPSA) is 80.8 Å². The number of Topliss-reactive ketones (excluding diaryl/α,β-unsaturated/α-hetero) is 1. The third-order valence-electron chi connectivity index (χ3n) is 4.96. The highest BCUT2D eigenvalue weighted by molar-refractivity contribution is 7.89. The van der Waals surface area contributed by atoms with Gasteiger partial charge in [-0.1, -0.05) is 36.6 Å². The van der Waals surface area contributed by atoms with Gasteiger partial charge in [-0.15, -0.1) is 11.3 Å². The van der Waals surface area contributed by atoms with Gasteiger partial charge in [0.1, 0.15) is 0 Å². The molecule has 1 aromatic carbocycles. The molecule has 9 heteroatoms. The number of ether oxygens (including phenoxy) is 1. The van der Waals surface area contributed by atoms with Gasteiger partial charge in [0.15, 0.2) is 6.61 Å². The molecule has 1 saturated heterocycles. The Kier molecular flexibility index (Phi) is 8.05. The van der Waals surface area contributed by atoms with E-state index in [-0.39, 0.29) is 23.7 Å². The number of benzene rings is 1. The third kappa shape index (κ3) is 6.14. The van der Waals surface area contributed by atoms with E-state index in [4.69, 9.17) is 16.3 Å². The molecule has 1 aliphatic rings. The first-order chi connectivity index (χ1) is 14.4. The zero-order valence-electron chi connectivity index (χ0n) is 16.5. The molecule has 0 amide bonds. The van der Waals surface area contributed by atoms with Crippen LogP contribution in [0.15, 0.2) is 41.3 Å². The summed E-state index contributed by atoms with van der Waals surface area (Å²) in [7, 11) is -3.48. The summed E-state index contributed by atoms with van der Waals surface area (Å²) in [5.74, 6) is -0.768. The van der Waals surface area contributed by atoms with Crippen LogP contribution in [-0.4, -0.2) is 44.2 Å². The molecule has 0 bridgehead atoms. The van der Waals surface area contributed by atoms with Crippen molar-refractivity contribution in [2.45, 2.75) is 43.4 Å². The number of halogens is 1. The minimum atomic E-state index is -3.48. The summed E-state index contributed by atoms with van der Waals surface area (Å²) in [6.07, 6.45) is 4.42. The number of rotatable bonds is 8. The Bertz CT molecular complexity index is 977. The van der Waals surface area contributed by atoms with E-state index >= 15 is 0 Å². The van der Waals surface area contributed by atoms with Crippen LogP contribution >= 0.6 is 22.9 Å². The van der Waals surface area contributed by atoms with Crippen molar-refractivity contribution in [3.05, 3.63) is 51.2 Å². The van der Waals surface area contributed by atoms with Gasteiger partial charge < -0.3 is 4.74 Å². The van der Waals surface area contributed by atoms with Crippen molar-refractivity contribution in [1.29, 1.82) is 0 Å². The van der Waals surface area contributed by atoms with Crippen LogP contribution in [0, 0.1) is 0 Å². The van der Waals surface area contributed by atoms with E-state index in [9.17, 15) is 18.0 Å². The number of carbonyl (C=O) groups is 2. The second-order valence-electron chi connectivity index (χ2n) is 7.15. The van der Waals surface area contributed by atoms with Crippen LogP contribution in [0.2, 0.25) is 4.34 Å². The first kappa shape index (κ1) is 22.9. The Hall–Kier alpha value is -1.74. The lowest BCUT2D eigenvalue weighted by atomic mass is 10.1. The maximum Gasteiger partial charge on any atom is 0.306 e. The number of thiophene rings is 1. The Morgan fingerprint density at radius 2 is 1.67 bits per heavy atom. The van der Waals surface area contributed by atoms with Crippen molar-refractivity contribution in [2.75, 3.05) is 19.7 Å². The third-order valence-corrected chi connectivity index (χ3v) is 8.14. The van der Waals surface area contributed by atoms with Crippen LogP contribution in [0.1, 0.15) is 47.3 Å². The minimum absolute atomic E-state index is 0.108. The van der Waals surface area contributed by atoms with E-state index < -0.39 is 16.0 Å². The van der Waals surface area contributed by atoms with Crippen molar-refractivity contribution in [3.8, 4) is 0 Å². The van der Waals surface area contributed by atoms with E-state index in [2.05, 4.69) is 0 Å². The monoisotopic (exact) mass is 469 g/mol. The first-order valence-corrected chi connectivity index (χ1v) is 12.5. The predicted octanol–water partition coefficient (Wildman–Crippen LogP) is 4.32. The van der Waals surface area contributed by atoms with Crippen LogP contribution in [0.3, 0.4) is 0 Å². The van der Waals surface area contributed by atoms with Crippen LogP contribution in [0.25, 0.3) is 0 Å². The molecular weight excluding hydrogens is 446 g/mol. The summed E-state index contributed by atoms with van der Waals surface area (Å²) in [5, 5.41) is 0. The second kappa shape index (κ2) is 10.5. The Balaban J connectivity index is 1.49. The molecule has 1 fully saturated rings. The number of carbonyl (C=O) groups excluding carboxylic acids is 2. The fourth-order valence-corrected chi connectivity index (χ4v) is 5.74. The molecular formula is C21H24ClNO5S2. The summed E-state index contributed by atoms with van der Waals surface area (Å²) in [4.78, 5) is 24.6. The number of esters is 1. The van der Waals surface area contributed by atoms with E-state index in [1.165, 1.54) is 0 Å². The van der Waals surface area contributed by atoms with Crippen molar-refractivity contribution >= 4 is 44.7 Å². The molecule has 0 atom stereocenters. The Morgan fingerprint density at radius 1 is 1.00 bits per heavy atom. The molecule has 0 N–H and O–H groups in total. The maximum absolute atomic E-state index is 12.8. The predicted molar refractivity (Wildman–Crippen MR) is 117 cm³/mol. The molecule has 0 saturated carbocycles. The number of hydrogen-bond acceptors (Lipinski definition) is 6. The molecule has 1 aromatic heterocycles. The molecule has 6 nitrogen and oxygen atoms in total. The molecule has 1 aliphatic heterocycles. The molecule has 3 rings (SSSR count). The average molecular weight is 470 g/mol. The standard InChI is InChI=1S/C21H24ClNO5S2/c22-20-11-10-19(29-20)18(24)15-28-21(25)12-7-16-5-8-17(9-6-16)30(26,27)23-13-3-1-2-4-14-23/h5-6,8-11H,1-4,7,12-15H2. The summed E-state index contributed by atoms with van der Waals surface area (Å²) < 4.78 is 32.7. The molecule has 30 heavy (non-hydrogen) atoms. The van der Waals surface area contributed by atoms with Gasteiger partial charge in [-0.25, -0.2) is 8.42 Å². The molecule has 2 aromatic rings. The normalized spacial score (nSPS) is 15.5. The maximum atomic E-state index is 12.8. The summed E-state index contributed by atoms with van der Waals surface area (Å²) in [6, 6.07) is 9.84. The van der Waals surface area contributed by atoms with Gasteiger partial charge in [-0.3, -0.25) is 9.59 Å². The van der Waals surface area contributed by atoms with Gasteiger partial charge in [0, 0.05) is 19.5 Å². The zero-order valence-corrected chi connectivity index (χ0v) is 18.9. The minimum Gasteiger partial charge on any atom is -0.457 e. The van der Waals surface area contributed by atoms with E-state index in [0.29, 0.717) is 28.7 Å². The number of nitrogens with zero attached hydrogens (tertiary/aromatic N) is 1. The van der Waals surface area contributed by atoms with Gasteiger partial charge in [-0.2, -0.15) is 4.31 Å². The summed E-state index contributed by atoms with van der Waals surface area (Å²) in [6.45, 7) is 0.807. The van der Waals surface area contributed by atoms with Gasteiger partial charge in [0.05, 0.1) is 14.1 Å². The van der Waals surface area contributed by atoms with Gasteiger partial charge in [-0.05, 0) is 49.1 Å². The smallest absolute Gasteiger partial charge is 0.306 e. The lowest BCUT2D eigenvalue weighted by Crippen LogP contribution is -2.31. The fraction of sp³-hybridized carbons (Fsp3) is 0.429. The number of ketones is 1. The highest BCUT2D eigenvalue weighted by atomic mass is 35.5. The molecule has 162 valence electrons.